The molecule has 0 atom stereocenters. The Morgan fingerprint density at radius 1 is 0.741 bits per heavy atom. The van der Waals surface area contributed by atoms with Crippen molar-refractivity contribution in [3.8, 4) is 0 Å². The zero-order valence-electron chi connectivity index (χ0n) is 16.2. The van der Waals surface area contributed by atoms with Crippen LogP contribution in [0.4, 0.5) is 5.69 Å². The largest absolute Gasteiger partial charge is 0.264 e. The van der Waals surface area contributed by atoms with E-state index in [9.17, 15) is 8.42 Å². The van der Waals surface area contributed by atoms with Crippen LogP contribution in [0.1, 0.15) is 27.8 Å². The molecule has 3 aromatic carbocycles. The highest BCUT2D eigenvalue weighted by Gasteiger charge is 2.26. The summed E-state index contributed by atoms with van der Waals surface area (Å²) in [4.78, 5) is 0.308. The van der Waals surface area contributed by atoms with Gasteiger partial charge in [0.1, 0.15) is 0 Å². The average Bonchev–Trinajstić information content (AvgIpc) is 2.63. The van der Waals surface area contributed by atoms with Gasteiger partial charge in [0.2, 0.25) is 0 Å². The molecular formula is C23H25NO2S. The van der Waals surface area contributed by atoms with Gasteiger partial charge in [-0.1, -0.05) is 54.1 Å². The molecule has 0 N–H and O–H groups in total. The molecule has 3 nitrogen and oxygen atoms in total. The molecule has 0 amide bonds. The van der Waals surface area contributed by atoms with Gasteiger partial charge < -0.3 is 0 Å². The maximum atomic E-state index is 13.5. The first-order valence-electron chi connectivity index (χ1n) is 9.00. The summed E-state index contributed by atoms with van der Waals surface area (Å²) in [6, 6.07) is 20.9. The van der Waals surface area contributed by atoms with E-state index < -0.39 is 10.0 Å². The molecule has 0 saturated heterocycles. The lowest BCUT2D eigenvalue weighted by molar-refractivity contribution is 0.590. The van der Waals surface area contributed by atoms with Gasteiger partial charge in [-0.3, -0.25) is 4.31 Å². The molecule has 0 heterocycles. The molecule has 0 radical (unpaired) electrons. The van der Waals surface area contributed by atoms with Crippen molar-refractivity contribution in [3.05, 3.63) is 94.5 Å². The van der Waals surface area contributed by atoms with Crippen molar-refractivity contribution in [2.75, 3.05) is 4.31 Å². The number of anilines is 1. The van der Waals surface area contributed by atoms with Crippen LogP contribution >= 0.6 is 0 Å². The third-order valence-corrected chi connectivity index (χ3v) is 6.59. The number of sulfonamides is 1. The molecule has 0 spiro atoms. The van der Waals surface area contributed by atoms with E-state index in [1.54, 1.807) is 12.1 Å². The van der Waals surface area contributed by atoms with Crippen LogP contribution in [0.25, 0.3) is 0 Å². The molecule has 0 aliphatic carbocycles. The molecule has 4 heteroatoms. The standard InChI is InChI=1S/C23H25NO2S/c1-17-10-13-22(14-11-17)27(25,26)24(16-21-8-6-5-7-19(21)3)23-15-18(2)9-12-20(23)4/h5-15H,16H2,1-4H3. The summed E-state index contributed by atoms with van der Waals surface area (Å²) in [5, 5.41) is 0. The summed E-state index contributed by atoms with van der Waals surface area (Å²) < 4.78 is 28.6. The molecule has 140 valence electrons. The minimum atomic E-state index is -3.69. The van der Waals surface area contributed by atoms with Crippen LogP contribution in [0.3, 0.4) is 0 Å². The molecule has 27 heavy (non-hydrogen) atoms. The van der Waals surface area contributed by atoms with E-state index in [-0.39, 0.29) is 0 Å². The summed E-state index contributed by atoms with van der Waals surface area (Å²) >= 11 is 0. The number of rotatable bonds is 5. The van der Waals surface area contributed by atoms with Crippen LogP contribution in [-0.4, -0.2) is 8.42 Å². The number of nitrogens with zero attached hydrogens (tertiary/aromatic N) is 1. The van der Waals surface area contributed by atoms with E-state index in [0.717, 1.165) is 33.5 Å². The zero-order valence-corrected chi connectivity index (χ0v) is 17.0. The Labute approximate surface area is 162 Å². The lowest BCUT2D eigenvalue weighted by Crippen LogP contribution is -2.31. The van der Waals surface area contributed by atoms with Crippen LogP contribution in [0, 0.1) is 27.7 Å². The Balaban J connectivity index is 2.16. The third-order valence-electron chi connectivity index (χ3n) is 4.82. The molecule has 3 aromatic rings. The fraction of sp³-hybridized carbons (Fsp3) is 0.217. The zero-order chi connectivity index (χ0) is 19.6. The van der Waals surface area contributed by atoms with E-state index in [1.165, 1.54) is 4.31 Å². The van der Waals surface area contributed by atoms with Gasteiger partial charge >= 0.3 is 0 Å². The highest BCUT2D eigenvalue weighted by Crippen LogP contribution is 2.30. The predicted molar refractivity (Wildman–Crippen MR) is 112 cm³/mol. The minimum Gasteiger partial charge on any atom is -0.262 e. The van der Waals surface area contributed by atoms with Gasteiger partial charge in [-0.05, 0) is 68.1 Å². The van der Waals surface area contributed by atoms with E-state index in [2.05, 4.69) is 0 Å². The van der Waals surface area contributed by atoms with Crippen molar-refractivity contribution in [1.82, 2.24) is 0 Å². The number of hydrogen-bond acceptors (Lipinski definition) is 2. The Morgan fingerprint density at radius 3 is 2.04 bits per heavy atom. The quantitative estimate of drug-likeness (QED) is 0.602. The molecular weight excluding hydrogens is 354 g/mol. The topological polar surface area (TPSA) is 37.4 Å². The molecule has 0 aliphatic rings. The predicted octanol–water partition coefficient (Wildman–Crippen LogP) is 5.32. The highest BCUT2D eigenvalue weighted by molar-refractivity contribution is 7.92. The molecule has 3 rings (SSSR count). The van der Waals surface area contributed by atoms with Gasteiger partial charge in [0.15, 0.2) is 0 Å². The fourth-order valence-electron chi connectivity index (χ4n) is 3.07. The fourth-order valence-corrected chi connectivity index (χ4v) is 4.57. The van der Waals surface area contributed by atoms with Crippen LogP contribution in [0.5, 0.6) is 0 Å². The SMILES string of the molecule is Cc1ccc(S(=O)(=O)N(Cc2ccccc2C)c2cc(C)ccc2C)cc1. The second-order valence-electron chi connectivity index (χ2n) is 7.04. The molecule has 0 aromatic heterocycles. The maximum Gasteiger partial charge on any atom is 0.264 e. The van der Waals surface area contributed by atoms with Crippen molar-refractivity contribution >= 4 is 15.7 Å². The lowest BCUT2D eigenvalue weighted by atomic mass is 10.1. The van der Waals surface area contributed by atoms with Crippen molar-refractivity contribution < 1.29 is 8.42 Å². The Morgan fingerprint density at radius 2 is 1.37 bits per heavy atom. The molecule has 0 fully saturated rings. The van der Waals surface area contributed by atoms with E-state index in [1.807, 2.05) is 82.3 Å². The van der Waals surface area contributed by atoms with Gasteiger partial charge in [0.05, 0.1) is 17.1 Å². The Bertz CT molecular complexity index is 1050. The second kappa shape index (κ2) is 7.57. The molecule has 0 saturated carbocycles. The minimum absolute atomic E-state index is 0.299. The van der Waals surface area contributed by atoms with Gasteiger partial charge in [-0.25, -0.2) is 8.42 Å². The van der Waals surface area contributed by atoms with Crippen molar-refractivity contribution in [1.29, 1.82) is 0 Å². The second-order valence-corrected chi connectivity index (χ2v) is 8.90. The van der Waals surface area contributed by atoms with Crippen LogP contribution in [0.2, 0.25) is 0 Å². The lowest BCUT2D eigenvalue weighted by Gasteiger charge is -2.27. The first-order valence-corrected chi connectivity index (χ1v) is 10.4. The summed E-state index contributed by atoms with van der Waals surface area (Å²) in [6.45, 7) is 8.19. The summed E-state index contributed by atoms with van der Waals surface area (Å²) in [5.41, 5.74) is 5.79. The van der Waals surface area contributed by atoms with Crippen molar-refractivity contribution in [2.24, 2.45) is 0 Å². The summed E-state index contributed by atoms with van der Waals surface area (Å²) in [5.74, 6) is 0. The van der Waals surface area contributed by atoms with Crippen LogP contribution < -0.4 is 4.31 Å². The Kier molecular flexibility index (Phi) is 5.38. The van der Waals surface area contributed by atoms with Crippen LogP contribution in [0.15, 0.2) is 71.6 Å². The first-order chi connectivity index (χ1) is 12.8. The monoisotopic (exact) mass is 379 g/mol. The maximum absolute atomic E-state index is 13.5. The Hall–Kier alpha value is -2.59. The number of aryl methyl sites for hydroxylation is 4. The highest BCUT2D eigenvalue weighted by atomic mass is 32.2. The smallest absolute Gasteiger partial charge is 0.262 e. The molecule has 0 unspecified atom stereocenters. The normalized spacial score (nSPS) is 11.4. The first kappa shape index (κ1) is 19.2. The summed E-state index contributed by atoms with van der Waals surface area (Å²) in [7, 11) is -3.69. The van der Waals surface area contributed by atoms with Crippen molar-refractivity contribution in [2.45, 2.75) is 39.1 Å². The van der Waals surface area contributed by atoms with Gasteiger partial charge in [0, 0.05) is 0 Å². The third kappa shape index (κ3) is 4.06. The van der Waals surface area contributed by atoms with Gasteiger partial charge in [-0.15, -0.1) is 0 Å². The van der Waals surface area contributed by atoms with Gasteiger partial charge in [0.25, 0.3) is 10.0 Å². The summed E-state index contributed by atoms with van der Waals surface area (Å²) in [6.07, 6.45) is 0. The van der Waals surface area contributed by atoms with Crippen molar-refractivity contribution in [3.63, 3.8) is 0 Å². The van der Waals surface area contributed by atoms with Crippen LogP contribution in [-0.2, 0) is 16.6 Å². The van der Waals surface area contributed by atoms with Gasteiger partial charge in [-0.2, -0.15) is 0 Å². The van der Waals surface area contributed by atoms with E-state index in [4.69, 9.17) is 0 Å². The number of benzene rings is 3. The van der Waals surface area contributed by atoms with E-state index in [0.29, 0.717) is 11.4 Å². The number of hydrogen-bond donors (Lipinski definition) is 0. The molecule has 0 bridgehead atoms. The molecule has 0 aliphatic heterocycles. The average molecular weight is 380 g/mol. The van der Waals surface area contributed by atoms with E-state index >= 15 is 0 Å².